The van der Waals surface area contributed by atoms with Crippen molar-refractivity contribution in [2.45, 2.75) is 12.5 Å². The van der Waals surface area contributed by atoms with Crippen molar-refractivity contribution in [3.05, 3.63) is 70.9 Å². The van der Waals surface area contributed by atoms with Gasteiger partial charge in [-0.2, -0.15) is 0 Å². The van der Waals surface area contributed by atoms with E-state index in [0.29, 0.717) is 16.1 Å². The van der Waals surface area contributed by atoms with Crippen molar-refractivity contribution in [1.82, 2.24) is 15.2 Å². The predicted octanol–water partition coefficient (Wildman–Crippen LogP) is 3.47. The highest BCUT2D eigenvalue weighted by molar-refractivity contribution is 6.30. The van der Waals surface area contributed by atoms with Crippen molar-refractivity contribution >= 4 is 40.2 Å². The van der Waals surface area contributed by atoms with E-state index in [2.05, 4.69) is 10.3 Å². The third-order valence-electron chi connectivity index (χ3n) is 4.89. The van der Waals surface area contributed by atoms with Gasteiger partial charge in [-0.25, -0.2) is 4.79 Å². The van der Waals surface area contributed by atoms with E-state index in [-0.39, 0.29) is 12.3 Å². The Morgan fingerprint density at radius 2 is 1.81 bits per heavy atom. The Hall–Kier alpha value is -3.12. The van der Waals surface area contributed by atoms with E-state index in [1.54, 1.807) is 37.4 Å². The van der Waals surface area contributed by atoms with Crippen molar-refractivity contribution in [2.75, 3.05) is 6.54 Å². The molecule has 3 aromatic rings. The number of benzene rings is 2. The fourth-order valence-corrected chi connectivity index (χ4v) is 3.48. The van der Waals surface area contributed by atoms with Gasteiger partial charge in [0, 0.05) is 27.7 Å². The number of aromatic amines is 1. The Bertz CT molecular complexity index is 1070. The molecule has 0 saturated carbocycles. The van der Waals surface area contributed by atoms with Crippen molar-refractivity contribution in [3.63, 3.8) is 0 Å². The second kappa shape index (κ2) is 6.25. The monoisotopic (exact) mass is 381 g/mol. The number of amides is 3. The Labute approximate surface area is 160 Å². The molecule has 6 nitrogen and oxygen atoms in total. The molecule has 1 atom stereocenters. The van der Waals surface area contributed by atoms with E-state index in [1.165, 1.54) is 0 Å². The van der Waals surface area contributed by atoms with E-state index in [4.69, 9.17) is 11.6 Å². The van der Waals surface area contributed by atoms with Crippen LogP contribution in [0.5, 0.6) is 0 Å². The van der Waals surface area contributed by atoms with Crippen LogP contribution in [0.25, 0.3) is 10.9 Å². The molecule has 4 rings (SSSR count). The number of para-hydroxylation sites is 1. The van der Waals surface area contributed by atoms with Crippen LogP contribution >= 0.6 is 11.6 Å². The first-order valence-electron chi connectivity index (χ1n) is 8.39. The lowest BCUT2D eigenvalue weighted by Gasteiger charge is -2.22. The van der Waals surface area contributed by atoms with E-state index in [9.17, 15) is 14.4 Å². The molecular weight excluding hydrogens is 366 g/mol. The summed E-state index contributed by atoms with van der Waals surface area (Å²) in [4.78, 5) is 42.1. The molecule has 0 spiro atoms. The molecule has 136 valence electrons. The number of hydrogen-bond donors (Lipinski definition) is 2. The lowest BCUT2D eigenvalue weighted by Crippen LogP contribution is -2.41. The lowest BCUT2D eigenvalue weighted by atomic mass is 9.92. The first-order chi connectivity index (χ1) is 12.9. The molecule has 0 radical (unpaired) electrons. The molecule has 1 aliphatic heterocycles. The first-order valence-corrected chi connectivity index (χ1v) is 8.77. The van der Waals surface area contributed by atoms with Crippen LogP contribution in [-0.2, 0) is 10.3 Å². The molecule has 0 bridgehead atoms. The minimum atomic E-state index is -1.23. The molecule has 1 aromatic heterocycles. The number of nitrogens with zero attached hydrogens (tertiary/aromatic N) is 1. The van der Waals surface area contributed by atoms with Crippen LogP contribution < -0.4 is 5.32 Å². The third-order valence-corrected chi connectivity index (χ3v) is 5.14. The Kier molecular flexibility index (Phi) is 4.00. The summed E-state index contributed by atoms with van der Waals surface area (Å²) >= 11 is 5.90. The number of urea groups is 1. The number of halogens is 1. The van der Waals surface area contributed by atoms with Gasteiger partial charge in [0.15, 0.2) is 5.78 Å². The Balaban J connectivity index is 1.61. The van der Waals surface area contributed by atoms with Crippen LogP contribution in [0.3, 0.4) is 0 Å². The summed E-state index contributed by atoms with van der Waals surface area (Å²) in [5.41, 5.74) is 0.643. The number of hydrogen-bond acceptors (Lipinski definition) is 3. The van der Waals surface area contributed by atoms with Crippen LogP contribution in [0.2, 0.25) is 5.02 Å². The minimum absolute atomic E-state index is 0.309. The molecule has 1 saturated heterocycles. The largest absolute Gasteiger partial charge is 0.360 e. The lowest BCUT2D eigenvalue weighted by molar-refractivity contribution is -0.130. The number of rotatable bonds is 4. The minimum Gasteiger partial charge on any atom is -0.360 e. The SMILES string of the molecule is C[C@@]1(c2ccc(Cl)cc2)NC(=O)N(CC(=O)c2c[nH]c3ccccc23)C1=O. The number of carbonyl (C=O) groups is 3. The number of fused-ring (bicyclic) bond motifs is 1. The van der Waals surface area contributed by atoms with Crippen LogP contribution in [0.1, 0.15) is 22.8 Å². The fourth-order valence-electron chi connectivity index (χ4n) is 3.35. The molecule has 2 N–H and O–H groups in total. The van der Waals surface area contributed by atoms with Crippen LogP contribution in [0.15, 0.2) is 54.7 Å². The standard InChI is InChI=1S/C20H16ClN3O3/c1-20(12-6-8-13(21)9-7-12)18(26)24(19(27)23-20)11-17(25)15-10-22-16-5-3-2-4-14(15)16/h2-10,22H,11H2,1H3,(H,23,27)/t20-/m0/s1. The second-order valence-electron chi connectivity index (χ2n) is 6.62. The highest BCUT2D eigenvalue weighted by Gasteiger charge is 2.49. The molecule has 7 heteroatoms. The average molecular weight is 382 g/mol. The maximum atomic E-state index is 12.9. The number of aromatic nitrogens is 1. The zero-order chi connectivity index (χ0) is 19.2. The summed E-state index contributed by atoms with van der Waals surface area (Å²) in [7, 11) is 0. The van der Waals surface area contributed by atoms with E-state index in [1.807, 2.05) is 24.3 Å². The molecule has 3 amide bonds. The summed E-state index contributed by atoms with van der Waals surface area (Å²) in [6, 6.07) is 13.5. The molecule has 27 heavy (non-hydrogen) atoms. The first kappa shape index (κ1) is 17.3. The van der Waals surface area contributed by atoms with Gasteiger partial charge in [-0.3, -0.25) is 14.5 Å². The number of nitrogens with one attached hydrogen (secondary N) is 2. The highest BCUT2D eigenvalue weighted by Crippen LogP contribution is 2.30. The van der Waals surface area contributed by atoms with Crippen molar-refractivity contribution in [3.8, 4) is 0 Å². The van der Waals surface area contributed by atoms with E-state index in [0.717, 1.165) is 15.8 Å². The van der Waals surface area contributed by atoms with Gasteiger partial charge < -0.3 is 10.3 Å². The smallest absolute Gasteiger partial charge is 0.325 e. The Morgan fingerprint density at radius 3 is 2.56 bits per heavy atom. The molecule has 0 unspecified atom stereocenters. The summed E-state index contributed by atoms with van der Waals surface area (Å²) in [6.45, 7) is 1.29. The van der Waals surface area contributed by atoms with Crippen molar-refractivity contribution < 1.29 is 14.4 Å². The van der Waals surface area contributed by atoms with Gasteiger partial charge in [-0.05, 0) is 30.7 Å². The number of Topliss-reactive ketones (excluding diaryl/α,β-unsaturated/α-hetero) is 1. The summed E-state index contributed by atoms with van der Waals surface area (Å²) in [5.74, 6) is -0.778. The van der Waals surface area contributed by atoms with Crippen LogP contribution in [0, 0.1) is 0 Å². The predicted molar refractivity (Wildman–Crippen MR) is 102 cm³/mol. The average Bonchev–Trinajstić information content (AvgIpc) is 3.18. The van der Waals surface area contributed by atoms with Gasteiger partial charge in [0.25, 0.3) is 5.91 Å². The molecule has 2 heterocycles. The zero-order valence-electron chi connectivity index (χ0n) is 14.5. The maximum Gasteiger partial charge on any atom is 0.325 e. The van der Waals surface area contributed by atoms with E-state index >= 15 is 0 Å². The van der Waals surface area contributed by atoms with Crippen molar-refractivity contribution in [1.29, 1.82) is 0 Å². The normalized spacial score (nSPS) is 19.6. The second-order valence-corrected chi connectivity index (χ2v) is 7.06. The van der Waals surface area contributed by atoms with Crippen molar-refractivity contribution in [2.24, 2.45) is 0 Å². The molecule has 2 aromatic carbocycles. The summed E-state index contributed by atoms with van der Waals surface area (Å²) in [6.07, 6.45) is 1.60. The topological polar surface area (TPSA) is 82.3 Å². The zero-order valence-corrected chi connectivity index (χ0v) is 15.2. The number of imide groups is 1. The van der Waals surface area contributed by atoms with Gasteiger partial charge in [0.1, 0.15) is 5.54 Å². The van der Waals surface area contributed by atoms with Gasteiger partial charge in [0.05, 0.1) is 6.54 Å². The third kappa shape index (κ3) is 2.78. The number of H-pyrrole nitrogens is 1. The molecule has 1 fully saturated rings. The van der Waals surface area contributed by atoms with Gasteiger partial charge in [-0.1, -0.05) is 41.9 Å². The fraction of sp³-hybridized carbons (Fsp3) is 0.150. The van der Waals surface area contributed by atoms with Gasteiger partial charge in [-0.15, -0.1) is 0 Å². The number of carbonyl (C=O) groups excluding carboxylic acids is 3. The number of ketones is 1. The van der Waals surface area contributed by atoms with Gasteiger partial charge >= 0.3 is 6.03 Å². The molecular formula is C20H16ClN3O3. The van der Waals surface area contributed by atoms with Gasteiger partial charge in [0.2, 0.25) is 0 Å². The summed E-state index contributed by atoms with van der Waals surface area (Å²) in [5, 5.41) is 3.98. The summed E-state index contributed by atoms with van der Waals surface area (Å²) < 4.78 is 0. The quantitative estimate of drug-likeness (QED) is 0.536. The highest BCUT2D eigenvalue weighted by atomic mass is 35.5. The van der Waals surface area contributed by atoms with E-state index < -0.39 is 17.5 Å². The van der Waals surface area contributed by atoms with Crippen LogP contribution in [-0.4, -0.2) is 34.2 Å². The molecule has 0 aliphatic carbocycles. The Morgan fingerprint density at radius 1 is 1.11 bits per heavy atom. The maximum absolute atomic E-state index is 12.9. The molecule has 1 aliphatic rings. The van der Waals surface area contributed by atoms with Crippen LogP contribution in [0.4, 0.5) is 4.79 Å².